The van der Waals surface area contributed by atoms with E-state index < -0.39 is 30.3 Å². The third kappa shape index (κ3) is 4.48. The minimum Gasteiger partial charge on any atom is -0.452 e. The van der Waals surface area contributed by atoms with Crippen molar-refractivity contribution in [2.75, 3.05) is 6.61 Å². The number of fused-ring (bicyclic) bond motifs is 2. The molecule has 2 aromatic rings. The molecule has 2 aromatic carbocycles. The Morgan fingerprint density at radius 1 is 0.912 bits per heavy atom. The summed E-state index contributed by atoms with van der Waals surface area (Å²) >= 11 is 0. The maximum Gasteiger partial charge on any atom is 0.339 e. The van der Waals surface area contributed by atoms with Gasteiger partial charge in [0.2, 0.25) is 0 Å². The van der Waals surface area contributed by atoms with Gasteiger partial charge in [-0.15, -0.1) is 0 Å². The molecule has 0 unspecified atom stereocenters. The highest BCUT2D eigenvalue weighted by Gasteiger charge is 2.33. The van der Waals surface area contributed by atoms with Gasteiger partial charge in [-0.2, -0.15) is 0 Å². The number of carbonyl (C=O) groups excluding carboxylic acids is 5. The summed E-state index contributed by atoms with van der Waals surface area (Å²) in [6.07, 6.45) is 2.96. The first-order valence-corrected chi connectivity index (χ1v) is 11.4. The van der Waals surface area contributed by atoms with Crippen LogP contribution in [0.2, 0.25) is 0 Å². The Hall–Kier alpha value is -3.81. The van der Waals surface area contributed by atoms with E-state index in [-0.39, 0.29) is 39.6 Å². The summed E-state index contributed by atoms with van der Waals surface area (Å²) in [5.74, 6) is -1.77. The Balaban J connectivity index is 1.39. The fourth-order valence-corrected chi connectivity index (χ4v) is 4.68. The lowest BCUT2D eigenvalue weighted by Crippen LogP contribution is -2.49. The molecule has 3 atom stereocenters. The molecule has 0 aliphatic heterocycles. The Labute approximate surface area is 197 Å². The van der Waals surface area contributed by atoms with Crippen LogP contribution in [0.25, 0.3) is 0 Å². The van der Waals surface area contributed by atoms with Crippen LogP contribution < -0.4 is 10.6 Å². The Bertz CT molecular complexity index is 1190. The molecule has 2 aliphatic rings. The van der Waals surface area contributed by atoms with Crippen molar-refractivity contribution in [3.63, 3.8) is 0 Å². The van der Waals surface area contributed by atoms with Crippen molar-refractivity contribution in [2.45, 2.75) is 39.2 Å². The third-order valence-corrected chi connectivity index (χ3v) is 6.78. The van der Waals surface area contributed by atoms with E-state index in [1.54, 1.807) is 18.2 Å². The van der Waals surface area contributed by atoms with E-state index in [9.17, 15) is 24.0 Å². The van der Waals surface area contributed by atoms with Crippen molar-refractivity contribution < 1.29 is 28.7 Å². The number of ether oxygens (including phenoxy) is 1. The number of rotatable bonds is 4. The molecule has 0 heterocycles. The highest BCUT2D eigenvalue weighted by Crippen LogP contribution is 2.30. The number of urea groups is 1. The van der Waals surface area contributed by atoms with Crippen LogP contribution in [0.4, 0.5) is 4.79 Å². The van der Waals surface area contributed by atoms with E-state index in [1.807, 2.05) is 0 Å². The van der Waals surface area contributed by atoms with E-state index in [2.05, 4.69) is 24.5 Å². The monoisotopic (exact) mass is 462 g/mol. The Morgan fingerprint density at radius 2 is 1.59 bits per heavy atom. The lowest BCUT2D eigenvalue weighted by Gasteiger charge is -2.34. The summed E-state index contributed by atoms with van der Waals surface area (Å²) in [5, 5.41) is 4.99. The molecule has 176 valence electrons. The fourth-order valence-electron chi connectivity index (χ4n) is 4.68. The number of hydrogen-bond acceptors (Lipinski definition) is 6. The second-order valence-corrected chi connectivity index (χ2v) is 8.90. The number of carbonyl (C=O) groups is 5. The first kappa shape index (κ1) is 23.4. The molecule has 1 saturated carbocycles. The van der Waals surface area contributed by atoms with Crippen molar-refractivity contribution in [2.24, 2.45) is 11.8 Å². The topological polar surface area (TPSA) is 119 Å². The SMILES string of the molecule is C[C@H]1[C@H](C)CCC[C@H]1NC(=O)NC(=O)COC(=O)c1cccc2c1C(=O)c1ccccc1C2=O. The molecule has 0 saturated heterocycles. The van der Waals surface area contributed by atoms with Crippen LogP contribution in [0.1, 0.15) is 75.3 Å². The molecular formula is C26H26N2O6. The van der Waals surface area contributed by atoms with Crippen LogP contribution in [0, 0.1) is 11.8 Å². The number of benzene rings is 2. The molecule has 1 fully saturated rings. The van der Waals surface area contributed by atoms with E-state index in [1.165, 1.54) is 24.3 Å². The molecule has 0 bridgehead atoms. The molecule has 34 heavy (non-hydrogen) atoms. The summed E-state index contributed by atoms with van der Waals surface area (Å²) in [4.78, 5) is 62.9. The maximum atomic E-state index is 13.0. The zero-order valence-corrected chi connectivity index (χ0v) is 19.1. The van der Waals surface area contributed by atoms with Gasteiger partial charge in [0.25, 0.3) is 5.91 Å². The third-order valence-electron chi connectivity index (χ3n) is 6.78. The second-order valence-electron chi connectivity index (χ2n) is 8.90. The van der Waals surface area contributed by atoms with Crippen LogP contribution in [-0.4, -0.2) is 42.1 Å². The van der Waals surface area contributed by atoms with Crippen molar-refractivity contribution in [3.8, 4) is 0 Å². The largest absolute Gasteiger partial charge is 0.452 e. The minimum atomic E-state index is -0.928. The van der Waals surface area contributed by atoms with E-state index in [0.29, 0.717) is 11.8 Å². The predicted molar refractivity (Wildman–Crippen MR) is 123 cm³/mol. The summed E-state index contributed by atoms with van der Waals surface area (Å²) in [6.45, 7) is 3.51. The number of esters is 1. The van der Waals surface area contributed by atoms with Gasteiger partial charge in [-0.25, -0.2) is 9.59 Å². The number of amides is 3. The molecule has 8 nitrogen and oxygen atoms in total. The second kappa shape index (κ2) is 9.59. The van der Waals surface area contributed by atoms with Gasteiger partial charge >= 0.3 is 12.0 Å². The number of hydrogen-bond donors (Lipinski definition) is 2. The average Bonchev–Trinajstić information content (AvgIpc) is 2.83. The summed E-state index contributed by atoms with van der Waals surface area (Å²) in [6, 6.07) is 10.1. The van der Waals surface area contributed by atoms with E-state index in [4.69, 9.17) is 4.74 Å². The summed E-state index contributed by atoms with van der Waals surface area (Å²) in [5.41, 5.74) is 0.443. The van der Waals surface area contributed by atoms with Crippen LogP contribution >= 0.6 is 0 Å². The first-order valence-electron chi connectivity index (χ1n) is 11.4. The molecule has 4 rings (SSSR count). The zero-order chi connectivity index (χ0) is 24.4. The van der Waals surface area contributed by atoms with Crippen molar-refractivity contribution >= 4 is 29.5 Å². The lowest BCUT2D eigenvalue weighted by molar-refractivity contribution is -0.123. The molecule has 0 radical (unpaired) electrons. The molecule has 2 N–H and O–H groups in total. The molecule has 3 amide bonds. The Kier molecular flexibility index (Phi) is 6.58. The van der Waals surface area contributed by atoms with Gasteiger partial charge in [0.15, 0.2) is 18.2 Å². The number of ketones is 2. The highest BCUT2D eigenvalue weighted by atomic mass is 16.5. The summed E-state index contributed by atoms with van der Waals surface area (Å²) < 4.78 is 5.06. The van der Waals surface area contributed by atoms with E-state index >= 15 is 0 Å². The van der Waals surface area contributed by atoms with Gasteiger partial charge in [0, 0.05) is 28.3 Å². The Morgan fingerprint density at radius 3 is 2.32 bits per heavy atom. The average molecular weight is 463 g/mol. The van der Waals surface area contributed by atoms with Gasteiger partial charge in [0.05, 0.1) is 5.56 Å². The van der Waals surface area contributed by atoms with Crippen molar-refractivity contribution in [1.29, 1.82) is 0 Å². The molecule has 8 heteroatoms. The predicted octanol–water partition coefficient (Wildman–Crippen LogP) is 3.27. The quantitative estimate of drug-likeness (QED) is 0.575. The van der Waals surface area contributed by atoms with Gasteiger partial charge in [-0.1, -0.05) is 63.1 Å². The number of nitrogens with one attached hydrogen (secondary N) is 2. The van der Waals surface area contributed by atoms with E-state index in [0.717, 1.165) is 19.3 Å². The molecule has 2 aliphatic carbocycles. The highest BCUT2D eigenvalue weighted by molar-refractivity contribution is 6.30. The smallest absolute Gasteiger partial charge is 0.339 e. The standard InChI is InChI=1S/C26H26N2O6/c1-14-7-5-12-20(15(14)2)27-26(33)28-21(29)13-34-25(32)19-11-6-10-18-22(19)24(31)17-9-4-3-8-16(17)23(18)30/h3-4,6,8-11,14-15,20H,5,7,12-13H2,1-2H3,(H2,27,28,29,33)/t14-,15+,20-/m1/s1. The minimum absolute atomic E-state index is 0.0265. The molecular weight excluding hydrogens is 436 g/mol. The summed E-state index contributed by atoms with van der Waals surface area (Å²) in [7, 11) is 0. The number of imide groups is 1. The maximum absolute atomic E-state index is 13.0. The lowest BCUT2D eigenvalue weighted by atomic mass is 9.78. The molecule has 0 spiro atoms. The van der Waals surface area contributed by atoms with Gasteiger partial charge in [-0.3, -0.25) is 19.7 Å². The van der Waals surface area contributed by atoms with Crippen molar-refractivity contribution in [3.05, 3.63) is 70.3 Å². The van der Waals surface area contributed by atoms with Crippen LogP contribution in [0.5, 0.6) is 0 Å². The zero-order valence-electron chi connectivity index (χ0n) is 19.1. The van der Waals surface area contributed by atoms with Gasteiger partial charge < -0.3 is 10.1 Å². The van der Waals surface area contributed by atoms with Gasteiger partial charge in [-0.05, 0) is 24.3 Å². The van der Waals surface area contributed by atoms with Crippen LogP contribution in [0.3, 0.4) is 0 Å². The van der Waals surface area contributed by atoms with Gasteiger partial charge in [0.1, 0.15) is 0 Å². The van der Waals surface area contributed by atoms with Crippen LogP contribution in [-0.2, 0) is 9.53 Å². The fraction of sp³-hybridized carbons (Fsp3) is 0.346. The van der Waals surface area contributed by atoms with Crippen LogP contribution in [0.15, 0.2) is 42.5 Å². The first-order chi connectivity index (χ1) is 16.3. The van der Waals surface area contributed by atoms with Crippen molar-refractivity contribution in [1.82, 2.24) is 10.6 Å². The normalized spacial score (nSPS) is 21.2. The molecule has 0 aromatic heterocycles.